The van der Waals surface area contributed by atoms with Gasteiger partial charge in [0.05, 0.1) is 12.7 Å². The van der Waals surface area contributed by atoms with Gasteiger partial charge in [-0.15, -0.1) is 0 Å². The average molecular weight is 264 g/mol. The highest BCUT2D eigenvalue weighted by Crippen LogP contribution is 2.40. The van der Waals surface area contributed by atoms with Crippen molar-refractivity contribution in [1.29, 1.82) is 0 Å². The zero-order valence-electron chi connectivity index (χ0n) is 12.1. The molecule has 0 amide bonds. The first-order valence-electron chi connectivity index (χ1n) is 6.89. The summed E-state index contributed by atoms with van der Waals surface area (Å²) in [6, 6.07) is 3.70. The number of rotatable bonds is 4. The molecule has 0 bridgehead atoms. The molecule has 1 fully saturated rings. The fraction of sp³-hybridized carbons (Fsp3) is 0.667. The standard InChI is InChI=1S/C15H24N2O2/c1-14(2)6-8-15(18,9-7-14)11-17-13-12(19-3)5-4-10-16-13/h4-5,10,18H,6-9,11H2,1-3H3,(H,16,17). The van der Waals surface area contributed by atoms with Gasteiger partial charge in [-0.1, -0.05) is 13.8 Å². The molecule has 0 atom stereocenters. The van der Waals surface area contributed by atoms with Crippen LogP contribution in [0.25, 0.3) is 0 Å². The van der Waals surface area contributed by atoms with Crippen LogP contribution in [0.5, 0.6) is 5.75 Å². The summed E-state index contributed by atoms with van der Waals surface area (Å²) in [5, 5.41) is 13.8. The maximum Gasteiger partial charge on any atom is 0.168 e. The first kappa shape index (κ1) is 14.1. The Morgan fingerprint density at radius 3 is 2.63 bits per heavy atom. The van der Waals surface area contributed by atoms with Gasteiger partial charge in [0.25, 0.3) is 0 Å². The molecule has 1 aliphatic carbocycles. The molecule has 2 N–H and O–H groups in total. The maximum absolute atomic E-state index is 10.6. The van der Waals surface area contributed by atoms with Gasteiger partial charge in [-0.05, 0) is 43.2 Å². The molecule has 1 aromatic heterocycles. The van der Waals surface area contributed by atoms with Gasteiger partial charge in [0.15, 0.2) is 11.6 Å². The van der Waals surface area contributed by atoms with E-state index in [9.17, 15) is 5.11 Å². The van der Waals surface area contributed by atoms with Crippen LogP contribution in [0.4, 0.5) is 5.82 Å². The summed E-state index contributed by atoms with van der Waals surface area (Å²) in [6.45, 7) is 5.06. The molecule has 0 aromatic carbocycles. The van der Waals surface area contributed by atoms with E-state index >= 15 is 0 Å². The molecule has 19 heavy (non-hydrogen) atoms. The predicted molar refractivity (Wildman–Crippen MR) is 76.5 cm³/mol. The van der Waals surface area contributed by atoms with Crippen LogP contribution in [-0.4, -0.2) is 29.3 Å². The molecule has 0 saturated heterocycles. The van der Waals surface area contributed by atoms with Crippen molar-refractivity contribution in [3.05, 3.63) is 18.3 Å². The Hall–Kier alpha value is -1.29. The van der Waals surface area contributed by atoms with Crippen LogP contribution >= 0.6 is 0 Å². The lowest BCUT2D eigenvalue weighted by Crippen LogP contribution is -2.42. The van der Waals surface area contributed by atoms with Crippen LogP contribution in [0.1, 0.15) is 39.5 Å². The highest BCUT2D eigenvalue weighted by atomic mass is 16.5. The van der Waals surface area contributed by atoms with Crippen LogP contribution in [0.2, 0.25) is 0 Å². The van der Waals surface area contributed by atoms with Gasteiger partial charge >= 0.3 is 0 Å². The minimum absolute atomic E-state index is 0.356. The minimum Gasteiger partial charge on any atom is -0.493 e. The second-order valence-electron chi connectivity index (χ2n) is 6.30. The topological polar surface area (TPSA) is 54.4 Å². The molecule has 4 nitrogen and oxygen atoms in total. The number of aromatic nitrogens is 1. The van der Waals surface area contributed by atoms with E-state index in [4.69, 9.17) is 4.74 Å². The number of methoxy groups -OCH3 is 1. The smallest absolute Gasteiger partial charge is 0.168 e. The summed E-state index contributed by atoms with van der Waals surface area (Å²) in [5.74, 6) is 1.41. The average Bonchev–Trinajstić information content (AvgIpc) is 2.41. The second kappa shape index (κ2) is 5.37. The van der Waals surface area contributed by atoms with Gasteiger partial charge in [0, 0.05) is 12.7 Å². The van der Waals surface area contributed by atoms with E-state index in [2.05, 4.69) is 24.1 Å². The van der Waals surface area contributed by atoms with Crippen molar-refractivity contribution in [2.75, 3.05) is 19.0 Å². The Labute approximate surface area is 115 Å². The number of pyridine rings is 1. The molecule has 1 aliphatic rings. The van der Waals surface area contributed by atoms with Gasteiger partial charge < -0.3 is 15.2 Å². The Morgan fingerprint density at radius 2 is 2.00 bits per heavy atom. The quantitative estimate of drug-likeness (QED) is 0.878. The largest absolute Gasteiger partial charge is 0.493 e. The van der Waals surface area contributed by atoms with E-state index in [1.54, 1.807) is 13.3 Å². The van der Waals surface area contributed by atoms with Gasteiger partial charge in [-0.2, -0.15) is 0 Å². The molecule has 0 unspecified atom stereocenters. The third-order valence-electron chi connectivity index (χ3n) is 4.11. The van der Waals surface area contributed by atoms with Crippen LogP contribution < -0.4 is 10.1 Å². The molecule has 0 spiro atoms. The molecule has 2 rings (SSSR count). The maximum atomic E-state index is 10.6. The van der Waals surface area contributed by atoms with E-state index in [0.717, 1.165) is 25.7 Å². The Bertz CT molecular complexity index is 422. The molecular weight excluding hydrogens is 240 g/mol. The Balaban J connectivity index is 1.95. The number of hydrogen-bond donors (Lipinski definition) is 2. The first-order chi connectivity index (χ1) is 8.94. The zero-order valence-corrected chi connectivity index (χ0v) is 12.1. The van der Waals surface area contributed by atoms with Crippen molar-refractivity contribution in [1.82, 2.24) is 4.98 Å². The number of hydrogen-bond acceptors (Lipinski definition) is 4. The summed E-state index contributed by atoms with van der Waals surface area (Å²) < 4.78 is 5.24. The number of anilines is 1. The minimum atomic E-state index is -0.627. The lowest BCUT2D eigenvalue weighted by molar-refractivity contribution is -0.0146. The van der Waals surface area contributed by atoms with E-state index in [-0.39, 0.29) is 0 Å². The van der Waals surface area contributed by atoms with Crippen LogP contribution in [0, 0.1) is 5.41 Å². The molecule has 0 radical (unpaired) electrons. The van der Waals surface area contributed by atoms with E-state index < -0.39 is 5.60 Å². The van der Waals surface area contributed by atoms with E-state index in [0.29, 0.717) is 23.5 Å². The van der Waals surface area contributed by atoms with E-state index in [1.165, 1.54) is 0 Å². The molecule has 1 heterocycles. The van der Waals surface area contributed by atoms with Gasteiger partial charge in [0.2, 0.25) is 0 Å². The fourth-order valence-corrected chi connectivity index (χ4v) is 2.51. The normalized spacial score (nSPS) is 20.8. The number of aliphatic hydroxyl groups is 1. The highest BCUT2D eigenvalue weighted by molar-refractivity contribution is 5.49. The van der Waals surface area contributed by atoms with Crippen LogP contribution in [0.3, 0.4) is 0 Å². The summed E-state index contributed by atoms with van der Waals surface area (Å²) in [7, 11) is 1.63. The molecule has 1 saturated carbocycles. The van der Waals surface area contributed by atoms with Crippen molar-refractivity contribution in [2.45, 2.75) is 45.1 Å². The lowest BCUT2D eigenvalue weighted by atomic mass is 9.71. The third kappa shape index (κ3) is 3.60. The third-order valence-corrected chi connectivity index (χ3v) is 4.11. The SMILES string of the molecule is COc1cccnc1NCC1(O)CCC(C)(C)CC1. The van der Waals surface area contributed by atoms with Gasteiger partial charge in [-0.25, -0.2) is 4.98 Å². The van der Waals surface area contributed by atoms with Crippen molar-refractivity contribution >= 4 is 5.82 Å². The predicted octanol–water partition coefficient (Wildman–Crippen LogP) is 2.83. The number of nitrogens with one attached hydrogen (secondary N) is 1. The molecule has 106 valence electrons. The lowest BCUT2D eigenvalue weighted by Gasteiger charge is -2.40. The van der Waals surface area contributed by atoms with Crippen LogP contribution in [-0.2, 0) is 0 Å². The number of nitrogens with zero attached hydrogens (tertiary/aromatic N) is 1. The highest BCUT2D eigenvalue weighted by Gasteiger charge is 2.36. The van der Waals surface area contributed by atoms with Crippen molar-refractivity contribution in [2.24, 2.45) is 5.41 Å². The van der Waals surface area contributed by atoms with Crippen LogP contribution in [0.15, 0.2) is 18.3 Å². The van der Waals surface area contributed by atoms with E-state index in [1.807, 2.05) is 12.1 Å². The second-order valence-corrected chi connectivity index (χ2v) is 6.30. The zero-order chi connectivity index (χ0) is 13.9. The van der Waals surface area contributed by atoms with Gasteiger partial charge in [-0.3, -0.25) is 0 Å². The molecule has 1 aromatic rings. The monoisotopic (exact) mass is 264 g/mol. The Morgan fingerprint density at radius 1 is 1.32 bits per heavy atom. The number of ether oxygens (including phenoxy) is 1. The molecular formula is C15H24N2O2. The summed E-state index contributed by atoms with van der Waals surface area (Å²) >= 11 is 0. The van der Waals surface area contributed by atoms with Gasteiger partial charge in [0.1, 0.15) is 0 Å². The summed E-state index contributed by atoms with van der Waals surface area (Å²) in [5.41, 5.74) is -0.271. The summed E-state index contributed by atoms with van der Waals surface area (Å²) in [6.07, 6.45) is 5.51. The van der Waals surface area contributed by atoms with Crippen molar-refractivity contribution in [3.8, 4) is 5.75 Å². The fourth-order valence-electron chi connectivity index (χ4n) is 2.51. The van der Waals surface area contributed by atoms with Crippen molar-refractivity contribution < 1.29 is 9.84 Å². The Kier molecular flexibility index (Phi) is 3.99. The molecule has 4 heteroatoms. The first-order valence-corrected chi connectivity index (χ1v) is 6.89. The molecule has 0 aliphatic heterocycles. The van der Waals surface area contributed by atoms with Crippen molar-refractivity contribution in [3.63, 3.8) is 0 Å². The summed E-state index contributed by atoms with van der Waals surface area (Å²) in [4.78, 5) is 4.25.